The molecule has 0 saturated heterocycles. The van der Waals surface area contributed by atoms with E-state index in [2.05, 4.69) is 15.6 Å². The molecule has 6 heteroatoms. The fraction of sp³-hybridized carbons (Fsp3) is 0.286. The fourth-order valence-electron chi connectivity index (χ4n) is 2.26. The molecule has 0 bridgehead atoms. The summed E-state index contributed by atoms with van der Waals surface area (Å²) in [5, 5.41) is 9.20. The first-order valence-electron chi connectivity index (χ1n) is 6.49. The Morgan fingerprint density at radius 1 is 1.45 bits per heavy atom. The normalized spacial score (nSPS) is 13.8. The maximum absolute atomic E-state index is 11.4. The molecule has 1 aliphatic heterocycles. The number of aryl methyl sites for hydroxylation is 2. The van der Waals surface area contributed by atoms with E-state index in [1.807, 2.05) is 24.4 Å². The molecule has 3 rings (SSSR count). The van der Waals surface area contributed by atoms with Crippen molar-refractivity contribution in [3.63, 3.8) is 0 Å². The molecule has 2 aromatic rings. The number of amides is 1. The van der Waals surface area contributed by atoms with E-state index in [-0.39, 0.29) is 5.91 Å². The van der Waals surface area contributed by atoms with Crippen molar-refractivity contribution in [2.24, 2.45) is 0 Å². The van der Waals surface area contributed by atoms with Crippen LogP contribution in [0.4, 0.5) is 17.1 Å². The molecule has 1 aromatic carbocycles. The number of hydrogen-bond donors (Lipinski definition) is 3. The Balaban J connectivity index is 1.79. The lowest BCUT2D eigenvalue weighted by Gasteiger charge is -2.19. The third kappa shape index (κ3) is 2.60. The van der Waals surface area contributed by atoms with Gasteiger partial charge in [0.25, 0.3) is 0 Å². The molecule has 0 spiro atoms. The number of rotatable bonds is 3. The van der Waals surface area contributed by atoms with Crippen LogP contribution < -0.4 is 16.4 Å². The zero-order chi connectivity index (χ0) is 14.1. The second-order valence-corrected chi connectivity index (χ2v) is 5.82. The molecule has 1 aliphatic rings. The van der Waals surface area contributed by atoms with Gasteiger partial charge in [-0.1, -0.05) is 0 Å². The van der Waals surface area contributed by atoms with Crippen molar-refractivity contribution in [3.8, 4) is 0 Å². The van der Waals surface area contributed by atoms with Crippen LogP contribution in [0.2, 0.25) is 0 Å². The minimum Gasteiger partial charge on any atom is -0.397 e. The molecule has 20 heavy (non-hydrogen) atoms. The lowest BCUT2D eigenvalue weighted by atomic mass is 10.0. The van der Waals surface area contributed by atoms with Crippen molar-refractivity contribution in [2.45, 2.75) is 26.3 Å². The van der Waals surface area contributed by atoms with Gasteiger partial charge in [0.15, 0.2) is 0 Å². The molecule has 5 nitrogen and oxygen atoms in total. The predicted octanol–water partition coefficient (Wildman–Crippen LogP) is 2.53. The largest absolute Gasteiger partial charge is 0.397 e. The van der Waals surface area contributed by atoms with Crippen molar-refractivity contribution in [1.82, 2.24) is 4.98 Å². The van der Waals surface area contributed by atoms with E-state index < -0.39 is 0 Å². The van der Waals surface area contributed by atoms with E-state index >= 15 is 0 Å². The van der Waals surface area contributed by atoms with Gasteiger partial charge in [-0.3, -0.25) is 4.79 Å². The molecule has 104 valence electrons. The number of fused-ring (bicyclic) bond motifs is 1. The molecule has 4 N–H and O–H groups in total. The van der Waals surface area contributed by atoms with Crippen LogP contribution in [0.15, 0.2) is 17.5 Å². The van der Waals surface area contributed by atoms with Gasteiger partial charge in [0.1, 0.15) is 5.01 Å². The summed E-state index contributed by atoms with van der Waals surface area (Å²) < 4.78 is 0. The van der Waals surface area contributed by atoms with Gasteiger partial charge in [-0.2, -0.15) is 0 Å². The topological polar surface area (TPSA) is 80.0 Å². The highest BCUT2D eigenvalue weighted by atomic mass is 32.1. The summed E-state index contributed by atoms with van der Waals surface area (Å²) in [5.41, 5.74) is 10.6. The van der Waals surface area contributed by atoms with E-state index in [1.54, 1.807) is 11.3 Å². The van der Waals surface area contributed by atoms with Gasteiger partial charge in [-0.25, -0.2) is 4.98 Å². The standard InChI is InChI=1S/C14H16N4OS/c1-8-7-20-14(17-8)6-16-12-5-11-9(4-10(12)15)2-3-13(19)18-11/h4-5,7,16H,2-3,6,15H2,1H3,(H,18,19). The lowest BCUT2D eigenvalue weighted by Crippen LogP contribution is -2.19. The van der Waals surface area contributed by atoms with E-state index in [4.69, 9.17) is 5.73 Å². The number of aromatic nitrogens is 1. The van der Waals surface area contributed by atoms with Gasteiger partial charge in [0.05, 0.1) is 17.9 Å². The van der Waals surface area contributed by atoms with Gasteiger partial charge in [0, 0.05) is 23.2 Å². The first kappa shape index (κ1) is 12.9. The van der Waals surface area contributed by atoms with Crippen LogP contribution in [0.5, 0.6) is 0 Å². The van der Waals surface area contributed by atoms with Crippen LogP contribution in [0.3, 0.4) is 0 Å². The van der Waals surface area contributed by atoms with Crippen LogP contribution in [-0.2, 0) is 17.8 Å². The Bertz CT molecular complexity index is 665. The first-order valence-corrected chi connectivity index (χ1v) is 7.37. The number of carbonyl (C=O) groups excluding carboxylic acids is 1. The van der Waals surface area contributed by atoms with Crippen LogP contribution in [0, 0.1) is 6.92 Å². The van der Waals surface area contributed by atoms with Gasteiger partial charge < -0.3 is 16.4 Å². The maximum Gasteiger partial charge on any atom is 0.224 e. The average molecular weight is 288 g/mol. The highest BCUT2D eigenvalue weighted by Crippen LogP contribution is 2.31. The number of benzene rings is 1. The number of nitrogens with two attached hydrogens (primary N) is 1. The van der Waals surface area contributed by atoms with Gasteiger partial charge >= 0.3 is 0 Å². The number of thiazole rings is 1. The number of nitrogens with zero attached hydrogens (tertiary/aromatic N) is 1. The van der Waals surface area contributed by atoms with Crippen molar-refractivity contribution in [3.05, 3.63) is 33.8 Å². The molecule has 0 radical (unpaired) electrons. The van der Waals surface area contributed by atoms with E-state index in [0.29, 0.717) is 18.7 Å². The zero-order valence-electron chi connectivity index (χ0n) is 11.2. The zero-order valence-corrected chi connectivity index (χ0v) is 12.0. The summed E-state index contributed by atoms with van der Waals surface area (Å²) >= 11 is 1.62. The van der Waals surface area contributed by atoms with Gasteiger partial charge in [-0.05, 0) is 31.0 Å². The third-order valence-electron chi connectivity index (χ3n) is 3.27. The molecular formula is C14H16N4OS. The molecule has 1 aromatic heterocycles. The number of hydrogen-bond acceptors (Lipinski definition) is 5. The quantitative estimate of drug-likeness (QED) is 0.758. The van der Waals surface area contributed by atoms with Crippen molar-refractivity contribution in [2.75, 3.05) is 16.4 Å². The SMILES string of the molecule is Cc1csc(CNc2cc3c(cc2N)CCC(=O)N3)n1. The van der Waals surface area contributed by atoms with Gasteiger partial charge in [-0.15, -0.1) is 11.3 Å². The minimum atomic E-state index is 0.0590. The maximum atomic E-state index is 11.4. The van der Waals surface area contributed by atoms with Crippen molar-refractivity contribution >= 4 is 34.3 Å². The van der Waals surface area contributed by atoms with E-state index in [9.17, 15) is 4.79 Å². The third-order valence-corrected chi connectivity index (χ3v) is 4.23. The summed E-state index contributed by atoms with van der Waals surface area (Å²) in [5.74, 6) is 0.0590. The summed E-state index contributed by atoms with van der Waals surface area (Å²) in [6.45, 7) is 2.61. The van der Waals surface area contributed by atoms with Crippen LogP contribution in [0.25, 0.3) is 0 Å². The van der Waals surface area contributed by atoms with Crippen molar-refractivity contribution in [1.29, 1.82) is 0 Å². The smallest absolute Gasteiger partial charge is 0.224 e. The van der Waals surface area contributed by atoms with Crippen LogP contribution in [-0.4, -0.2) is 10.9 Å². The van der Waals surface area contributed by atoms with Crippen LogP contribution >= 0.6 is 11.3 Å². The Morgan fingerprint density at radius 2 is 2.30 bits per heavy atom. The molecule has 0 saturated carbocycles. The molecular weight excluding hydrogens is 272 g/mol. The number of anilines is 3. The lowest BCUT2D eigenvalue weighted by molar-refractivity contribution is -0.116. The summed E-state index contributed by atoms with van der Waals surface area (Å²) in [4.78, 5) is 15.8. The summed E-state index contributed by atoms with van der Waals surface area (Å²) in [6, 6.07) is 3.84. The Morgan fingerprint density at radius 3 is 3.05 bits per heavy atom. The minimum absolute atomic E-state index is 0.0590. The number of carbonyl (C=O) groups is 1. The number of nitrogen functional groups attached to an aromatic ring is 1. The Kier molecular flexibility index (Phi) is 3.31. The average Bonchev–Trinajstić information content (AvgIpc) is 2.83. The molecule has 0 unspecified atom stereocenters. The van der Waals surface area contributed by atoms with Crippen molar-refractivity contribution < 1.29 is 4.79 Å². The Labute approximate surface area is 121 Å². The second kappa shape index (κ2) is 5.13. The second-order valence-electron chi connectivity index (χ2n) is 4.88. The van der Waals surface area contributed by atoms with E-state index in [1.165, 1.54) is 0 Å². The molecule has 0 fully saturated rings. The molecule has 2 heterocycles. The van der Waals surface area contributed by atoms with Gasteiger partial charge in [0.2, 0.25) is 5.91 Å². The highest BCUT2D eigenvalue weighted by Gasteiger charge is 2.16. The fourth-order valence-corrected chi connectivity index (χ4v) is 2.97. The van der Waals surface area contributed by atoms with Crippen LogP contribution in [0.1, 0.15) is 22.7 Å². The number of nitrogens with one attached hydrogen (secondary N) is 2. The molecule has 0 atom stereocenters. The monoisotopic (exact) mass is 288 g/mol. The first-order chi connectivity index (χ1) is 9.61. The summed E-state index contributed by atoms with van der Waals surface area (Å²) in [7, 11) is 0. The Hall–Kier alpha value is -2.08. The molecule has 1 amide bonds. The van der Waals surface area contributed by atoms with E-state index in [0.717, 1.165) is 34.1 Å². The highest BCUT2D eigenvalue weighted by molar-refractivity contribution is 7.09. The predicted molar refractivity (Wildman–Crippen MR) is 82.0 cm³/mol. The summed E-state index contributed by atoms with van der Waals surface area (Å²) in [6.07, 6.45) is 1.27. The molecule has 0 aliphatic carbocycles.